The van der Waals surface area contributed by atoms with E-state index in [1.807, 2.05) is 30.3 Å². The number of fused-ring (bicyclic) bond motifs is 2. The Morgan fingerprint density at radius 3 is 2.64 bits per heavy atom. The Hall–Kier alpha value is -3.41. The summed E-state index contributed by atoms with van der Waals surface area (Å²) in [4.78, 5) is 18.0. The predicted molar refractivity (Wildman–Crippen MR) is 171 cm³/mol. The monoisotopic (exact) mass is 671 g/mol. The van der Waals surface area contributed by atoms with Gasteiger partial charge in [0.2, 0.25) is 0 Å². The summed E-state index contributed by atoms with van der Waals surface area (Å²) in [6, 6.07) is 14.2. The number of aliphatic hydroxyl groups excluding tert-OH is 1. The molecular weight excluding hydrogens is 635 g/mol. The summed E-state index contributed by atoms with van der Waals surface area (Å²) in [6.45, 7) is 3.59. The molecule has 0 radical (unpaired) electrons. The fourth-order valence-corrected chi connectivity index (χ4v) is 7.60. The highest BCUT2D eigenvalue weighted by Crippen LogP contribution is 2.42. The molecule has 7 rings (SSSR count). The van der Waals surface area contributed by atoms with Crippen molar-refractivity contribution in [3.05, 3.63) is 52.7 Å². The van der Waals surface area contributed by atoms with Gasteiger partial charge in [0.05, 0.1) is 29.8 Å². The molecule has 0 saturated carbocycles. The smallest absolute Gasteiger partial charge is 0.417 e. The van der Waals surface area contributed by atoms with Gasteiger partial charge in [-0.05, 0) is 50.4 Å². The normalized spacial score (nSPS) is 25.9. The van der Waals surface area contributed by atoms with Crippen LogP contribution >= 0.6 is 11.6 Å². The molecule has 0 bridgehead atoms. The summed E-state index contributed by atoms with van der Waals surface area (Å²) in [7, 11) is 2.08. The van der Waals surface area contributed by atoms with Gasteiger partial charge in [-0.25, -0.2) is 0 Å². The minimum atomic E-state index is -4.55. The molecular formula is C33H37ClF3N7O3. The summed E-state index contributed by atoms with van der Waals surface area (Å²) in [6.07, 6.45) is -6.57. The minimum absolute atomic E-state index is 0.0250. The van der Waals surface area contributed by atoms with Crippen molar-refractivity contribution in [1.29, 1.82) is 5.26 Å². The number of rotatable bonds is 8. The molecule has 10 nitrogen and oxygen atoms in total. The topological polar surface area (TPSA) is 105 Å². The van der Waals surface area contributed by atoms with E-state index in [1.165, 1.54) is 0 Å². The van der Waals surface area contributed by atoms with Crippen molar-refractivity contribution in [3.8, 4) is 12.1 Å². The highest BCUT2D eigenvalue weighted by atomic mass is 35.5. The van der Waals surface area contributed by atoms with E-state index >= 15 is 0 Å². The van der Waals surface area contributed by atoms with E-state index in [2.05, 4.69) is 33.9 Å². The molecule has 47 heavy (non-hydrogen) atoms. The first-order valence-corrected chi connectivity index (χ1v) is 16.4. The van der Waals surface area contributed by atoms with Crippen molar-refractivity contribution in [2.45, 2.75) is 68.9 Å². The lowest BCUT2D eigenvalue weighted by Crippen LogP contribution is -2.58. The molecule has 3 aromatic rings. The van der Waals surface area contributed by atoms with Gasteiger partial charge in [0.1, 0.15) is 24.8 Å². The number of piperazine rings is 1. The standard InChI is InChI=1S/C33H37ClF3N7O3/c1-41-13-4-7-22(41)19-46-32-39-25-18-42(26-9-3-6-20-5-2-8-24(34)27(20)26)14-11-23(25)30(40-32)43-15-16-44(21(17-43)10-12-38)31(45)28-29(47-28)33(35,36)37/h2-3,5-6,8-9,21-22,28-29,31,45H,4,7,10-11,13-19H2,1H3/t21-,22-,28+,29+,31?/m0/s1. The van der Waals surface area contributed by atoms with Crippen LogP contribution < -0.4 is 14.5 Å². The van der Waals surface area contributed by atoms with Gasteiger partial charge < -0.3 is 29.3 Å². The number of nitriles is 1. The second kappa shape index (κ2) is 12.9. The lowest BCUT2D eigenvalue weighted by atomic mass is 10.0. The van der Waals surface area contributed by atoms with E-state index in [9.17, 15) is 23.5 Å². The molecule has 0 spiro atoms. The minimum Gasteiger partial charge on any atom is -0.462 e. The Bertz CT molecular complexity index is 1670. The van der Waals surface area contributed by atoms with E-state index in [4.69, 9.17) is 31.0 Å². The number of hydrogen-bond donors (Lipinski definition) is 1. The number of alkyl halides is 3. The Kier molecular flexibility index (Phi) is 8.82. The molecule has 4 aliphatic rings. The Balaban J connectivity index is 1.18. The first-order valence-electron chi connectivity index (χ1n) is 16.0. The number of likely N-dealkylation sites (tertiary alicyclic amines) is 1. The van der Waals surface area contributed by atoms with Crippen molar-refractivity contribution in [2.24, 2.45) is 0 Å². The molecule has 3 saturated heterocycles. The molecule has 1 N–H and O–H groups in total. The molecule has 250 valence electrons. The predicted octanol–water partition coefficient (Wildman–Crippen LogP) is 4.37. The third-order valence-corrected chi connectivity index (χ3v) is 10.2. The summed E-state index contributed by atoms with van der Waals surface area (Å²) < 4.78 is 50.7. The van der Waals surface area contributed by atoms with Gasteiger partial charge in [-0.1, -0.05) is 35.9 Å². The fraction of sp³-hybridized carbons (Fsp3) is 0.545. The van der Waals surface area contributed by atoms with Gasteiger partial charge in [-0.2, -0.15) is 28.4 Å². The summed E-state index contributed by atoms with van der Waals surface area (Å²) >= 11 is 6.68. The maximum Gasteiger partial charge on any atom is 0.417 e. The molecule has 5 heterocycles. The first-order chi connectivity index (χ1) is 22.6. The number of anilines is 2. The van der Waals surface area contributed by atoms with Gasteiger partial charge in [0.25, 0.3) is 0 Å². The first kappa shape index (κ1) is 32.2. The molecule has 1 aromatic heterocycles. The lowest BCUT2D eigenvalue weighted by Gasteiger charge is -2.44. The highest BCUT2D eigenvalue weighted by Gasteiger charge is 2.62. The number of aliphatic hydroxyl groups is 1. The van der Waals surface area contributed by atoms with Gasteiger partial charge in [0, 0.05) is 54.9 Å². The van der Waals surface area contributed by atoms with Crippen LogP contribution in [0.4, 0.5) is 24.7 Å². The molecule has 14 heteroatoms. The summed E-state index contributed by atoms with van der Waals surface area (Å²) in [5.74, 6) is 0.702. The summed E-state index contributed by atoms with van der Waals surface area (Å²) in [5.41, 5.74) is 2.83. The van der Waals surface area contributed by atoms with E-state index in [0.717, 1.165) is 47.1 Å². The number of halogens is 4. The van der Waals surface area contributed by atoms with Crippen LogP contribution in [0.3, 0.4) is 0 Å². The van der Waals surface area contributed by atoms with Gasteiger partial charge in [-0.3, -0.25) is 4.90 Å². The van der Waals surface area contributed by atoms with E-state index < -0.39 is 30.7 Å². The number of hydrogen-bond acceptors (Lipinski definition) is 10. The molecule has 4 aliphatic heterocycles. The SMILES string of the molecule is CN1CCC[C@H]1COc1nc2c(c(N3CCN(C(O)[C@@H]4O[C@H]4C(F)(F)F)[C@@H](CC#N)C3)n1)CCN(c1cccc3cccc(Cl)c13)C2. The van der Waals surface area contributed by atoms with Gasteiger partial charge in [0.15, 0.2) is 6.10 Å². The molecule has 2 aromatic carbocycles. The van der Waals surface area contributed by atoms with Crippen LogP contribution in [0.1, 0.15) is 30.5 Å². The number of likely N-dealkylation sites (N-methyl/N-ethyl adjacent to an activating group) is 1. The van der Waals surface area contributed by atoms with Crippen LogP contribution in [0.15, 0.2) is 36.4 Å². The number of ether oxygens (including phenoxy) is 2. The average Bonchev–Trinajstić information content (AvgIpc) is 3.78. The van der Waals surface area contributed by atoms with Crippen LogP contribution in [0.2, 0.25) is 5.02 Å². The van der Waals surface area contributed by atoms with E-state index in [0.29, 0.717) is 50.0 Å². The second-order valence-corrected chi connectivity index (χ2v) is 13.2. The second-order valence-electron chi connectivity index (χ2n) is 12.8. The third kappa shape index (κ3) is 6.41. The maximum atomic E-state index is 13.2. The van der Waals surface area contributed by atoms with Crippen molar-refractivity contribution in [2.75, 3.05) is 56.2 Å². The Morgan fingerprint density at radius 2 is 1.91 bits per heavy atom. The van der Waals surface area contributed by atoms with Gasteiger partial charge >= 0.3 is 12.2 Å². The number of aromatic nitrogens is 2. The number of benzene rings is 2. The van der Waals surface area contributed by atoms with Gasteiger partial charge in [-0.15, -0.1) is 0 Å². The maximum absolute atomic E-state index is 13.2. The van der Waals surface area contributed by atoms with Crippen LogP contribution in [-0.2, 0) is 17.7 Å². The zero-order valence-electron chi connectivity index (χ0n) is 26.0. The number of nitrogens with zero attached hydrogens (tertiary/aromatic N) is 7. The highest BCUT2D eigenvalue weighted by molar-refractivity contribution is 6.36. The van der Waals surface area contributed by atoms with Crippen LogP contribution in [0.5, 0.6) is 6.01 Å². The molecule has 5 atom stereocenters. The van der Waals surface area contributed by atoms with Crippen LogP contribution in [-0.4, -0.2) is 108 Å². The Morgan fingerprint density at radius 1 is 1.11 bits per heavy atom. The molecule has 1 unspecified atom stereocenters. The Labute approximate surface area is 276 Å². The van der Waals surface area contributed by atoms with Crippen molar-refractivity contribution in [1.82, 2.24) is 19.8 Å². The van der Waals surface area contributed by atoms with Crippen LogP contribution in [0.25, 0.3) is 10.8 Å². The molecule has 0 aliphatic carbocycles. The zero-order chi connectivity index (χ0) is 32.9. The van der Waals surface area contributed by atoms with Crippen LogP contribution in [0, 0.1) is 11.3 Å². The van der Waals surface area contributed by atoms with Crippen molar-refractivity contribution < 1.29 is 27.8 Å². The number of epoxide rings is 1. The van der Waals surface area contributed by atoms with Crippen molar-refractivity contribution >= 4 is 33.9 Å². The average molecular weight is 672 g/mol. The third-order valence-electron chi connectivity index (χ3n) is 9.91. The van der Waals surface area contributed by atoms with E-state index in [-0.39, 0.29) is 25.0 Å². The van der Waals surface area contributed by atoms with Crippen molar-refractivity contribution in [3.63, 3.8) is 0 Å². The lowest BCUT2D eigenvalue weighted by molar-refractivity contribution is -0.147. The van der Waals surface area contributed by atoms with E-state index in [1.54, 1.807) is 4.90 Å². The quantitative estimate of drug-likeness (QED) is 0.347. The largest absolute Gasteiger partial charge is 0.462 e. The fourth-order valence-electron chi connectivity index (χ4n) is 7.32. The zero-order valence-corrected chi connectivity index (χ0v) is 26.8. The molecule has 3 fully saturated rings. The summed E-state index contributed by atoms with van der Waals surface area (Å²) in [5, 5.41) is 23.2. The molecule has 0 amide bonds.